The summed E-state index contributed by atoms with van der Waals surface area (Å²) in [6.07, 6.45) is 0. The lowest BCUT2D eigenvalue weighted by atomic mass is 10.1. The Labute approximate surface area is 121 Å². The predicted octanol–water partition coefficient (Wildman–Crippen LogP) is 2.79. The van der Waals surface area contributed by atoms with Gasteiger partial charge in [-0.05, 0) is 54.8 Å². The topological polar surface area (TPSA) is 68.0 Å². The minimum atomic E-state index is -0.921. The largest absolute Gasteiger partial charge is 0.478 e. The van der Waals surface area contributed by atoms with E-state index < -0.39 is 5.97 Å². The Morgan fingerprint density at radius 1 is 1.05 bits per heavy atom. The minimum absolute atomic E-state index is 0.281. The van der Waals surface area contributed by atoms with E-state index in [4.69, 9.17) is 5.11 Å². The van der Waals surface area contributed by atoms with Gasteiger partial charge in [-0.1, -0.05) is 12.1 Å². The molecule has 21 heavy (non-hydrogen) atoms. The molecule has 0 atom stereocenters. The smallest absolute Gasteiger partial charge is 0.335 e. The van der Waals surface area contributed by atoms with Crippen LogP contribution in [0.15, 0.2) is 36.4 Å². The highest BCUT2D eigenvalue weighted by Gasteiger charge is 2.06. The number of fused-ring (bicyclic) bond motifs is 1. The fourth-order valence-corrected chi connectivity index (χ4v) is 2.20. The molecular formula is C16H15N3O2. The third kappa shape index (κ3) is 2.63. The fourth-order valence-electron chi connectivity index (χ4n) is 2.20. The number of hydrogen-bond acceptors (Lipinski definition) is 3. The second-order valence-corrected chi connectivity index (χ2v) is 5.16. The molecule has 0 aliphatic carbocycles. The van der Waals surface area contributed by atoms with E-state index in [-0.39, 0.29) is 5.56 Å². The summed E-state index contributed by atoms with van der Waals surface area (Å²) in [5, 5.41) is 17.8. The van der Waals surface area contributed by atoms with E-state index in [0.29, 0.717) is 6.54 Å². The van der Waals surface area contributed by atoms with Crippen molar-refractivity contribution in [2.45, 2.75) is 20.4 Å². The summed E-state index contributed by atoms with van der Waals surface area (Å²) in [5.41, 5.74) is 5.39. The van der Waals surface area contributed by atoms with Crippen LogP contribution in [0.2, 0.25) is 0 Å². The van der Waals surface area contributed by atoms with Crippen LogP contribution < -0.4 is 0 Å². The molecule has 1 heterocycles. The van der Waals surface area contributed by atoms with Gasteiger partial charge in [0.25, 0.3) is 0 Å². The number of aromatic nitrogens is 3. The highest BCUT2D eigenvalue weighted by molar-refractivity contribution is 5.87. The standard InChI is InChI=1S/C16H15N3O2/c1-10-7-14-15(8-11(10)2)18-19(17-14)9-12-3-5-13(6-4-12)16(20)21/h3-8H,9H2,1-2H3,(H,20,21). The van der Waals surface area contributed by atoms with Crippen LogP contribution >= 0.6 is 0 Å². The maximum Gasteiger partial charge on any atom is 0.335 e. The summed E-state index contributed by atoms with van der Waals surface area (Å²) >= 11 is 0. The Morgan fingerprint density at radius 3 is 2.05 bits per heavy atom. The van der Waals surface area contributed by atoms with E-state index in [2.05, 4.69) is 24.0 Å². The lowest BCUT2D eigenvalue weighted by molar-refractivity contribution is 0.0697. The molecule has 0 saturated heterocycles. The van der Waals surface area contributed by atoms with Gasteiger partial charge in [0.15, 0.2) is 0 Å². The molecule has 0 bridgehead atoms. The molecule has 0 aliphatic heterocycles. The number of aryl methyl sites for hydroxylation is 2. The lowest BCUT2D eigenvalue weighted by Gasteiger charge is -2.00. The summed E-state index contributed by atoms with van der Waals surface area (Å²) < 4.78 is 0. The van der Waals surface area contributed by atoms with Gasteiger partial charge < -0.3 is 5.11 Å². The predicted molar refractivity (Wildman–Crippen MR) is 79.5 cm³/mol. The Balaban J connectivity index is 1.89. The van der Waals surface area contributed by atoms with E-state index in [0.717, 1.165) is 16.6 Å². The monoisotopic (exact) mass is 281 g/mol. The second kappa shape index (κ2) is 5.01. The second-order valence-electron chi connectivity index (χ2n) is 5.16. The van der Waals surface area contributed by atoms with Gasteiger partial charge in [0.05, 0.1) is 12.1 Å². The summed E-state index contributed by atoms with van der Waals surface area (Å²) in [6, 6.07) is 10.8. The zero-order valence-electron chi connectivity index (χ0n) is 11.9. The summed E-state index contributed by atoms with van der Waals surface area (Å²) in [5.74, 6) is -0.921. The zero-order valence-corrected chi connectivity index (χ0v) is 11.9. The minimum Gasteiger partial charge on any atom is -0.478 e. The molecule has 0 saturated carbocycles. The van der Waals surface area contributed by atoms with Crippen LogP contribution in [0.5, 0.6) is 0 Å². The Kier molecular flexibility index (Phi) is 3.17. The number of nitrogens with zero attached hydrogens (tertiary/aromatic N) is 3. The Morgan fingerprint density at radius 2 is 1.57 bits per heavy atom. The van der Waals surface area contributed by atoms with Crippen LogP contribution in [0.4, 0.5) is 0 Å². The number of aromatic carboxylic acids is 1. The van der Waals surface area contributed by atoms with Gasteiger partial charge >= 0.3 is 5.97 Å². The van der Waals surface area contributed by atoms with Crippen molar-refractivity contribution in [2.75, 3.05) is 0 Å². The van der Waals surface area contributed by atoms with Gasteiger partial charge in [-0.15, -0.1) is 0 Å². The average Bonchev–Trinajstić information content (AvgIpc) is 2.81. The molecular weight excluding hydrogens is 266 g/mol. The van der Waals surface area contributed by atoms with Crippen LogP contribution in [0, 0.1) is 13.8 Å². The summed E-state index contributed by atoms with van der Waals surface area (Å²) in [4.78, 5) is 12.5. The molecule has 5 nitrogen and oxygen atoms in total. The highest BCUT2D eigenvalue weighted by Crippen LogP contribution is 2.16. The van der Waals surface area contributed by atoms with Crippen LogP contribution in [0.3, 0.4) is 0 Å². The SMILES string of the molecule is Cc1cc2nn(Cc3ccc(C(=O)O)cc3)nc2cc1C. The molecule has 1 aromatic heterocycles. The summed E-state index contributed by atoms with van der Waals surface area (Å²) in [7, 11) is 0. The van der Waals surface area contributed by atoms with E-state index in [1.54, 1.807) is 29.1 Å². The van der Waals surface area contributed by atoms with Gasteiger partial charge in [-0.25, -0.2) is 4.79 Å². The first kappa shape index (κ1) is 13.3. The van der Waals surface area contributed by atoms with E-state index >= 15 is 0 Å². The molecule has 1 N–H and O–H groups in total. The molecule has 106 valence electrons. The third-order valence-electron chi connectivity index (χ3n) is 3.56. The van der Waals surface area contributed by atoms with Gasteiger partial charge in [0.1, 0.15) is 11.0 Å². The zero-order chi connectivity index (χ0) is 15.0. The maximum absolute atomic E-state index is 10.8. The van der Waals surface area contributed by atoms with Crippen LogP contribution in [-0.4, -0.2) is 26.1 Å². The van der Waals surface area contributed by atoms with Gasteiger partial charge in [-0.3, -0.25) is 0 Å². The third-order valence-corrected chi connectivity index (χ3v) is 3.56. The van der Waals surface area contributed by atoms with E-state index in [1.165, 1.54) is 11.1 Å². The average molecular weight is 281 g/mol. The van der Waals surface area contributed by atoms with Gasteiger partial charge in [-0.2, -0.15) is 15.0 Å². The Bertz CT molecular complexity index is 780. The van der Waals surface area contributed by atoms with Crippen molar-refractivity contribution in [3.05, 3.63) is 58.7 Å². The first-order valence-electron chi connectivity index (χ1n) is 6.67. The Hall–Kier alpha value is -2.69. The van der Waals surface area contributed by atoms with Crippen LogP contribution in [0.1, 0.15) is 27.0 Å². The number of rotatable bonds is 3. The van der Waals surface area contributed by atoms with Crippen LogP contribution in [0.25, 0.3) is 11.0 Å². The molecule has 0 amide bonds. The molecule has 3 aromatic rings. The van der Waals surface area contributed by atoms with Gasteiger partial charge in [0, 0.05) is 0 Å². The fraction of sp³-hybridized carbons (Fsp3) is 0.188. The van der Waals surface area contributed by atoms with Gasteiger partial charge in [0.2, 0.25) is 0 Å². The number of carbonyl (C=O) groups is 1. The number of hydrogen-bond donors (Lipinski definition) is 1. The molecule has 0 aliphatic rings. The molecule has 0 spiro atoms. The van der Waals surface area contributed by atoms with Crippen molar-refractivity contribution >= 4 is 17.0 Å². The lowest BCUT2D eigenvalue weighted by Crippen LogP contribution is -2.04. The number of benzene rings is 2. The molecule has 5 heteroatoms. The van der Waals surface area contributed by atoms with E-state index in [9.17, 15) is 4.79 Å². The molecule has 0 radical (unpaired) electrons. The molecule has 2 aromatic carbocycles. The van der Waals surface area contributed by atoms with Crippen molar-refractivity contribution in [3.63, 3.8) is 0 Å². The number of carboxylic acid groups (broad SMARTS) is 1. The van der Waals surface area contributed by atoms with Crippen LogP contribution in [-0.2, 0) is 6.54 Å². The maximum atomic E-state index is 10.8. The number of carboxylic acids is 1. The van der Waals surface area contributed by atoms with E-state index in [1.807, 2.05) is 12.1 Å². The van der Waals surface area contributed by atoms with Crippen molar-refractivity contribution in [1.29, 1.82) is 0 Å². The molecule has 0 unspecified atom stereocenters. The molecule has 0 fully saturated rings. The van der Waals surface area contributed by atoms with Crippen molar-refractivity contribution in [2.24, 2.45) is 0 Å². The molecule has 3 rings (SSSR count). The van der Waals surface area contributed by atoms with Crippen molar-refractivity contribution < 1.29 is 9.90 Å². The van der Waals surface area contributed by atoms with Crippen molar-refractivity contribution in [3.8, 4) is 0 Å². The normalized spacial score (nSPS) is 11.0. The quantitative estimate of drug-likeness (QED) is 0.801. The highest BCUT2D eigenvalue weighted by atomic mass is 16.4. The van der Waals surface area contributed by atoms with Crippen molar-refractivity contribution in [1.82, 2.24) is 15.0 Å². The first-order chi connectivity index (χ1) is 10.0. The first-order valence-corrected chi connectivity index (χ1v) is 6.67. The summed E-state index contributed by atoms with van der Waals surface area (Å²) in [6.45, 7) is 4.63.